The Bertz CT molecular complexity index is 350. The Morgan fingerprint density at radius 2 is 1.25 bits per heavy atom. The number of hydrogen-bond donors (Lipinski definition) is 0. The van der Waals surface area contributed by atoms with E-state index in [-0.39, 0.29) is 12.3 Å². The van der Waals surface area contributed by atoms with E-state index in [4.69, 9.17) is 14.2 Å². The summed E-state index contributed by atoms with van der Waals surface area (Å²) in [5.41, 5.74) is 0. The van der Waals surface area contributed by atoms with Gasteiger partial charge in [-0.15, -0.1) is 0 Å². The van der Waals surface area contributed by atoms with Gasteiger partial charge in [0.25, 0.3) is 0 Å². The Hall–Kier alpha value is -0.610. The summed E-state index contributed by atoms with van der Waals surface area (Å²) in [7, 11) is 1.45. The van der Waals surface area contributed by atoms with Crippen LogP contribution in [0.5, 0.6) is 0 Å². The molecule has 0 aromatic heterocycles. The van der Waals surface area contributed by atoms with Crippen LogP contribution in [0.4, 0.5) is 0 Å². The lowest BCUT2D eigenvalue weighted by atomic mass is 9.98. The first-order valence-electron chi connectivity index (χ1n) is 12.1. The number of esters is 1. The van der Waals surface area contributed by atoms with Gasteiger partial charge in [0, 0.05) is 6.42 Å². The lowest BCUT2D eigenvalue weighted by Crippen LogP contribution is -2.38. The molecule has 28 heavy (non-hydrogen) atoms. The van der Waals surface area contributed by atoms with Gasteiger partial charge in [0.1, 0.15) is 0 Å². The van der Waals surface area contributed by atoms with Crippen LogP contribution in [0.3, 0.4) is 0 Å². The first kappa shape index (κ1) is 25.4. The van der Waals surface area contributed by atoms with Crippen LogP contribution in [0.15, 0.2) is 0 Å². The topological polar surface area (TPSA) is 44.8 Å². The van der Waals surface area contributed by atoms with Gasteiger partial charge >= 0.3 is 5.97 Å². The van der Waals surface area contributed by atoms with Gasteiger partial charge in [0.05, 0.1) is 19.3 Å². The van der Waals surface area contributed by atoms with E-state index >= 15 is 0 Å². The maximum atomic E-state index is 11.3. The van der Waals surface area contributed by atoms with E-state index < -0.39 is 0 Å². The van der Waals surface area contributed by atoms with E-state index in [1.54, 1.807) is 0 Å². The molecule has 0 aromatic rings. The number of hydrogen-bond acceptors (Lipinski definition) is 4. The number of unbranched alkanes of at least 4 members (excludes halogenated alkanes) is 9. The van der Waals surface area contributed by atoms with E-state index in [9.17, 15) is 4.79 Å². The Balaban J connectivity index is 2.34. The summed E-state index contributed by atoms with van der Waals surface area (Å²) in [6.07, 6.45) is 20.3. The first-order valence-corrected chi connectivity index (χ1v) is 12.1. The molecule has 0 aromatic carbocycles. The highest BCUT2D eigenvalue weighted by molar-refractivity contribution is 5.68. The number of ether oxygens (including phenoxy) is 3. The van der Waals surface area contributed by atoms with Crippen LogP contribution in [0.1, 0.15) is 123 Å². The van der Waals surface area contributed by atoms with Gasteiger partial charge in [0.15, 0.2) is 6.29 Å². The molecular weight excluding hydrogens is 352 g/mol. The third-order valence-electron chi connectivity index (χ3n) is 5.77. The van der Waals surface area contributed by atoms with E-state index in [2.05, 4.69) is 13.8 Å². The molecule has 1 fully saturated rings. The molecule has 1 aliphatic rings. The molecule has 0 amide bonds. The van der Waals surface area contributed by atoms with Crippen molar-refractivity contribution in [3.05, 3.63) is 0 Å². The van der Waals surface area contributed by atoms with Crippen molar-refractivity contribution in [3.63, 3.8) is 0 Å². The molecule has 2 atom stereocenters. The van der Waals surface area contributed by atoms with Crippen molar-refractivity contribution in [1.29, 1.82) is 0 Å². The van der Waals surface area contributed by atoms with E-state index in [0.717, 1.165) is 38.5 Å². The highest BCUT2D eigenvalue weighted by Gasteiger charge is 2.29. The average molecular weight is 399 g/mol. The first-order chi connectivity index (χ1) is 13.7. The monoisotopic (exact) mass is 398 g/mol. The van der Waals surface area contributed by atoms with Crippen molar-refractivity contribution >= 4 is 5.97 Å². The van der Waals surface area contributed by atoms with Crippen LogP contribution >= 0.6 is 0 Å². The summed E-state index contributed by atoms with van der Waals surface area (Å²) in [4.78, 5) is 11.3. The number of carbonyl (C=O) groups is 1. The van der Waals surface area contributed by atoms with Crippen molar-refractivity contribution in [2.24, 2.45) is 0 Å². The molecule has 0 aliphatic carbocycles. The molecule has 0 spiro atoms. The van der Waals surface area contributed by atoms with Gasteiger partial charge in [0.2, 0.25) is 0 Å². The Morgan fingerprint density at radius 1 is 0.750 bits per heavy atom. The van der Waals surface area contributed by atoms with E-state index in [1.807, 2.05) is 0 Å². The van der Waals surface area contributed by atoms with Crippen molar-refractivity contribution < 1.29 is 19.0 Å². The van der Waals surface area contributed by atoms with Crippen molar-refractivity contribution in [2.45, 2.75) is 141 Å². The zero-order valence-corrected chi connectivity index (χ0v) is 18.9. The second-order valence-corrected chi connectivity index (χ2v) is 8.41. The average Bonchev–Trinajstić information content (AvgIpc) is 2.70. The summed E-state index contributed by atoms with van der Waals surface area (Å²) < 4.78 is 17.2. The normalized spacial score (nSPS) is 22.3. The predicted octanol–water partition coefficient (Wildman–Crippen LogP) is 6.94. The molecule has 1 aliphatic heterocycles. The lowest BCUT2D eigenvalue weighted by molar-refractivity contribution is -0.247. The smallest absolute Gasteiger partial charge is 0.305 e. The largest absolute Gasteiger partial charge is 0.469 e. The van der Waals surface area contributed by atoms with E-state index in [0.29, 0.717) is 18.6 Å². The molecular formula is C24H46O4. The third kappa shape index (κ3) is 12.8. The molecule has 166 valence electrons. The van der Waals surface area contributed by atoms with Crippen LogP contribution < -0.4 is 0 Å². The van der Waals surface area contributed by atoms with Gasteiger partial charge in [-0.25, -0.2) is 0 Å². The molecule has 4 heteroatoms. The zero-order chi connectivity index (χ0) is 20.5. The minimum Gasteiger partial charge on any atom is -0.469 e. The SMILES string of the molecule is CCCCCCC[C@H]1C[C@H](CCCCCCC)OC(CCCCC(=O)OC)O1. The van der Waals surface area contributed by atoms with Gasteiger partial charge in [-0.2, -0.15) is 0 Å². The van der Waals surface area contributed by atoms with Gasteiger partial charge in [-0.1, -0.05) is 78.1 Å². The molecule has 1 rings (SSSR count). The summed E-state index contributed by atoms with van der Waals surface area (Å²) in [5, 5.41) is 0. The van der Waals surface area contributed by atoms with Crippen LogP contribution in [0, 0.1) is 0 Å². The minimum absolute atomic E-state index is 0.0901. The maximum Gasteiger partial charge on any atom is 0.305 e. The molecule has 0 radical (unpaired) electrons. The van der Waals surface area contributed by atoms with Gasteiger partial charge < -0.3 is 14.2 Å². The highest BCUT2D eigenvalue weighted by atomic mass is 16.7. The fourth-order valence-corrected chi connectivity index (χ4v) is 4.01. The molecule has 0 saturated carbocycles. The molecule has 4 nitrogen and oxygen atoms in total. The van der Waals surface area contributed by atoms with Crippen LogP contribution in [-0.4, -0.2) is 31.6 Å². The highest BCUT2D eigenvalue weighted by Crippen LogP contribution is 2.28. The fraction of sp³-hybridized carbons (Fsp3) is 0.958. The third-order valence-corrected chi connectivity index (χ3v) is 5.77. The van der Waals surface area contributed by atoms with Crippen molar-refractivity contribution in [2.75, 3.05) is 7.11 Å². The number of carbonyl (C=O) groups excluding carboxylic acids is 1. The maximum absolute atomic E-state index is 11.3. The number of rotatable bonds is 17. The van der Waals surface area contributed by atoms with Crippen molar-refractivity contribution in [3.8, 4) is 0 Å². The standard InChI is InChI=1S/C24H46O4/c1-4-6-8-10-12-16-21-20-22(17-13-11-9-7-5-2)28-24(27-21)19-15-14-18-23(25)26-3/h21-22,24H,4-20H2,1-3H3/t21-,22-/m0/s1. The van der Waals surface area contributed by atoms with E-state index in [1.165, 1.54) is 71.3 Å². The molecule has 1 heterocycles. The fourth-order valence-electron chi connectivity index (χ4n) is 4.01. The number of methoxy groups -OCH3 is 1. The van der Waals surface area contributed by atoms with Crippen LogP contribution in [-0.2, 0) is 19.0 Å². The van der Waals surface area contributed by atoms with Crippen molar-refractivity contribution in [1.82, 2.24) is 0 Å². The Labute approximate surface area is 174 Å². The molecule has 0 bridgehead atoms. The van der Waals surface area contributed by atoms with Gasteiger partial charge in [-0.3, -0.25) is 4.79 Å². The second kappa shape index (κ2) is 17.3. The summed E-state index contributed by atoms with van der Waals surface area (Å²) >= 11 is 0. The zero-order valence-electron chi connectivity index (χ0n) is 18.9. The van der Waals surface area contributed by atoms with Crippen LogP contribution in [0.2, 0.25) is 0 Å². The van der Waals surface area contributed by atoms with Crippen LogP contribution in [0.25, 0.3) is 0 Å². The Morgan fingerprint density at radius 3 is 1.75 bits per heavy atom. The predicted molar refractivity (Wildman–Crippen MR) is 115 cm³/mol. The van der Waals surface area contributed by atoms with Gasteiger partial charge in [-0.05, 0) is 38.5 Å². The lowest BCUT2D eigenvalue weighted by Gasteiger charge is -2.36. The summed E-state index contributed by atoms with van der Waals surface area (Å²) in [6.45, 7) is 4.52. The second-order valence-electron chi connectivity index (χ2n) is 8.41. The molecule has 1 saturated heterocycles. The Kier molecular flexibility index (Phi) is 15.7. The summed E-state index contributed by atoms with van der Waals surface area (Å²) in [6, 6.07) is 0. The minimum atomic E-state index is -0.125. The quantitative estimate of drug-likeness (QED) is 0.197. The molecule has 0 unspecified atom stereocenters. The summed E-state index contributed by atoms with van der Waals surface area (Å²) in [5.74, 6) is -0.125. The molecule has 0 N–H and O–H groups in total.